The molecule has 0 aliphatic carbocycles. The van der Waals surface area contributed by atoms with Crippen LogP contribution >= 0.6 is 0 Å². The molecule has 6 nitrogen and oxygen atoms in total. The lowest BCUT2D eigenvalue weighted by Crippen LogP contribution is -2.12. The molecule has 21 heavy (non-hydrogen) atoms. The number of carbonyl (C=O) groups is 1. The van der Waals surface area contributed by atoms with Crippen molar-refractivity contribution in [2.24, 2.45) is 5.73 Å². The number of H-pyrrole nitrogens is 1. The van der Waals surface area contributed by atoms with Gasteiger partial charge in [0.05, 0.1) is 5.56 Å². The third kappa shape index (κ3) is 2.38. The number of aromatic nitrogens is 2. The number of hydrogen-bond donors (Lipinski definition) is 3. The fourth-order valence-corrected chi connectivity index (χ4v) is 2.10. The van der Waals surface area contributed by atoms with Crippen LogP contribution in [0, 0.1) is 0 Å². The molecule has 0 saturated carbocycles. The molecule has 0 fully saturated rings. The van der Waals surface area contributed by atoms with Crippen molar-refractivity contribution in [3.63, 3.8) is 0 Å². The minimum absolute atomic E-state index is 0.328. The molecule has 0 atom stereocenters. The van der Waals surface area contributed by atoms with E-state index >= 15 is 0 Å². The highest BCUT2D eigenvalue weighted by atomic mass is 16.5. The van der Waals surface area contributed by atoms with Crippen LogP contribution in [-0.4, -0.2) is 22.9 Å². The average molecular weight is 282 g/mol. The van der Waals surface area contributed by atoms with Gasteiger partial charge in [0, 0.05) is 18.6 Å². The summed E-state index contributed by atoms with van der Waals surface area (Å²) >= 11 is 0. The number of rotatable bonds is 4. The number of carbonyl (C=O) groups excluding carboxylic acids is 1. The molecule has 2 heterocycles. The fourth-order valence-electron chi connectivity index (χ4n) is 2.10. The van der Waals surface area contributed by atoms with E-state index in [1.165, 1.54) is 0 Å². The van der Waals surface area contributed by atoms with Gasteiger partial charge in [-0.1, -0.05) is 12.1 Å². The van der Waals surface area contributed by atoms with E-state index in [-0.39, 0.29) is 0 Å². The number of nitrogens with one attached hydrogen (secondary N) is 2. The summed E-state index contributed by atoms with van der Waals surface area (Å²) < 4.78 is 5.83. The second-order valence-electron chi connectivity index (χ2n) is 4.46. The Hall–Kier alpha value is -3.02. The molecule has 0 aliphatic rings. The van der Waals surface area contributed by atoms with Crippen LogP contribution in [0.15, 0.2) is 42.6 Å². The first-order valence-electron chi connectivity index (χ1n) is 6.41. The van der Waals surface area contributed by atoms with Gasteiger partial charge in [-0.2, -0.15) is 0 Å². The number of benzene rings is 1. The first-order chi connectivity index (χ1) is 10.2. The van der Waals surface area contributed by atoms with Gasteiger partial charge >= 0.3 is 0 Å². The summed E-state index contributed by atoms with van der Waals surface area (Å²) in [4.78, 5) is 18.9. The number of anilines is 1. The molecule has 0 aliphatic heterocycles. The molecule has 0 saturated heterocycles. The molecule has 1 amide bonds. The summed E-state index contributed by atoms with van der Waals surface area (Å²) in [6.45, 7) is 0. The molecule has 6 heteroatoms. The molecule has 1 aromatic carbocycles. The van der Waals surface area contributed by atoms with Gasteiger partial charge in [-0.15, -0.1) is 0 Å². The topological polar surface area (TPSA) is 93.0 Å². The van der Waals surface area contributed by atoms with Gasteiger partial charge in [0.25, 0.3) is 5.91 Å². The molecular weight excluding hydrogens is 268 g/mol. The highest BCUT2D eigenvalue weighted by Crippen LogP contribution is 2.32. The summed E-state index contributed by atoms with van der Waals surface area (Å²) in [6.07, 6.45) is 1.80. The van der Waals surface area contributed by atoms with E-state index in [0.29, 0.717) is 22.9 Å². The van der Waals surface area contributed by atoms with Crippen molar-refractivity contribution in [1.82, 2.24) is 9.97 Å². The van der Waals surface area contributed by atoms with E-state index in [1.54, 1.807) is 37.5 Å². The van der Waals surface area contributed by atoms with Gasteiger partial charge in [0.1, 0.15) is 11.4 Å². The summed E-state index contributed by atoms with van der Waals surface area (Å²) in [5.74, 6) is 0.966. The van der Waals surface area contributed by atoms with Gasteiger partial charge in [-0.05, 0) is 24.3 Å². The lowest BCUT2D eigenvalue weighted by Gasteiger charge is -2.12. The van der Waals surface area contributed by atoms with Gasteiger partial charge in [0.2, 0.25) is 0 Å². The lowest BCUT2D eigenvalue weighted by atomic mass is 10.2. The number of nitrogens with zero attached hydrogens (tertiary/aromatic N) is 1. The lowest BCUT2D eigenvalue weighted by molar-refractivity contribution is 0.0998. The van der Waals surface area contributed by atoms with E-state index in [0.717, 1.165) is 11.0 Å². The maximum Gasteiger partial charge on any atom is 0.252 e. The standard InChI is InChI=1S/C15H14N4O2/c1-17-15-12(8-9-6-7-18-14(9)19-15)21-11-5-3-2-4-10(11)13(16)20/h2-8H,1H3,(H2,16,20)(H2,17,18,19). The molecular formula is C15H14N4O2. The number of hydrogen-bond acceptors (Lipinski definition) is 4. The van der Waals surface area contributed by atoms with Gasteiger partial charge in [-0.25, -0.2) is 4.98 Å². The number of fused-ring (bicyclic) bond motifs is 1. The number of amides is 1. The maximum absolute atomic E-state index is 11.4. The minimum Gasteiger partial charge on any atom is -0.453 e. The summed E-state index contributed by atoms with van der Waals surface area (Å²) in [6, 6.07) is 10.6. The van der Waals surface area contributed by atoms with Crippen LogP contribution in [0.3, 0.4) is 0 Å². The van der Waals surface area contributed by atoms with E-state index < -0.39 is 5.91 Å². The molecule has 3 rings (SSSR count). The molecule has 3 aromatic rings. The van der Waals surface area contributed by atoms with Crippen molar-refractivity contribution in [3.8, 4) is 11.5 Å². The third-order valence-electron chi connectivity index (χ3n) is 3.11. The van der Waals surface area contributed by atoms with Crippen LogP contribution in [0.4, 0.5) is 5.82 Å². The Morgan fingerprint density at radius 1 is 1.29 bits per heavy atom. The Labute approximate surface area is 120 Å². The van der Waals surface area contributed by atoms with Crippen molar-refractivity contribution in [2.75, 3.05) is 12.4 Å². The number of pyridine rings is 1. The van der Waals surface area contributed by atoms with Crippen molar-refractivity contribution < 1.29 is 9.53 Å². The monoisotopic (exact) mass is 282 g/mol. The van der Waals surface area contributed by atoms with Gasteiger partial charge in [-0.3, -0.25) is 4.79 Å². The zero-order valence-corrected chi connectivity index (χ0v) is 11.4. The van der Waals surface area contributed by atoms with Crippen LogP contribution in [0.25, 0.3) is 11.0 Å². The summed E-state index contributed by atoms with van der Waals surface area (Å²) in [5, 5.41) is 3.89. The van der Waals surface area contributed by atoms with Crippen molar-refractivity contribution in [2.45, 2.75) is 0 Å². The Bertz CT molecular complexity index is 810. The molecule has 0 spiro atoms. The number of aromatic amines is 1. The maximum atomic E-state index is 11.4. The first kappa shape index (κ1) is 13.0. The third-order valence-corrected chi connectivity index (χ3v) is 3.11. The van der Waals surface area contributed by atoms with E-state index in [1.807, 2.05) is 12.1 Å². The number of para-hydroxylation sites is 1. The van der Waals surface area contributed by atoms with Crippen molar-refractivity contribution >= 4 is 22.8 Å². The SMILES string of the molecule is CNc1nc2[nH]ccc2cc1Oc1ccccc1C(N)=O. The first-order valence-corrected chi connectivity index (χ1v) is 6.41. The normalized spacial score (nSPS) is 10.5. The van der Waals surface area contributed by atoms with Crippen LogP contribution in [0.5, 0.6) is 11.5 Å². The number of nitrogens with two attached hydrogens (primary N) is 1. The smallest absolute Gasteiger partial charge is 0.252 e. The molecule has 0 unspecified atom stereocenters. The summed E-state index contributed by atoms with van der Waals surface area (Å²) in [7, 11) is 1.75. The van der Waals surface area contributed by atoms with Crippen LogP contribution in [-0.2, 0) is 0 Å². The largest absolute Gasteiger partial charge is 0.453 e. The van der Waals surface area contributed by atoms with E-state index in [4.69, 9.17) is 10.5 Å². The predicted molar refractivity (Wildman–Crippen MR) is 80.7 cm³/mol. The van der Waals surface area contributed by atoms with Crippen LogP contribution in [0.2, 0.25) is 0 Å². The number of primary amides is 1. The Kier molecular flexibility index (Phi) is 3.19. The second kappa shape index (κ2) is 5.16. The quantitative estimate of drug-likeness (QED) is 0.685. The fraction of sp³-hybridized carbons (Fsp3) is 0.0667. The average Bonchev–Trinajstić information content (AvgIpc) is 2.94. The highest BCUT2D eigenvalue weighted by molar-refractivity contribution is 5.95. The van der Waals surface area contributed by atoms with E-state index in [9.17, 15) is 4.79 Å². The Balaban J connectivity index is 2.07. The zero-order valence-electron chi connectivity index (χ0n) is 11.4. The highest BCUT2D eigenvalue weighted by Gasteiger charge is 2.13. The zero-order chi connectivity index (χ0) is 14.8. The predicted octanol–water partition coefficient (Wildman–Crippen LogP) is 2.50. The second-order valence-corrected chi connectivity index (χ2v) is 4.46. The molecule has 106 valence electrons. The molecule has 0 bridgehead atoms. The van der Waals surface area contributed by atoms with Crippen molar-refractivity contribution in [1.29, 1.82) is 0 Å². The number of ether oxygens (including phenoxy) is 1. The van der Waals surface area contributed by atoms with E-state index in [2.05, 4.69) is 15.3 Å². The Morgan fingerprint density at radius 2 is 2.10 bits per heavy atom. The molecule has 4 N–H and O–H groups in total. The van der Waals surface area contributed by atoms with Crippen LogP contribution < -0.4 is 15.8 Å². The van der Waals surface area contributed by atoms with Gasteiger partial charge in [0.15, 0.2) is 11.6 Å². The molecule has 0 radical (unpaired) electrons. The molecule has 2 aromatic heterocycles. The summed E-state index contributed by atoms with van der Waals surface area (Å²) in [5.41, 5.74) is 6.44. The van der Waals surface area contributed by atoms with Crippen molar-refractivity contribution in [3.05, 3.63) is 48.2 Å². The Morgan fingerprint density at radius 3 is 2.86 bits per heavy atom. The van der Waals surface area contributed by atoms with Crippen LogP contribution in [0.1, 0.15) is 10.4 Å². The van der Waals surface area contributed by atoms with Gasteiger partial charge < -0.3 is 20.8 Å². The minimum atomic E-state index is -0.535.